The van der Waals surface area contributed by atoms with Crippen molar-refractivity contribution < 1.29 is 19.1 Å². The van der Waals surface area contributed by atoms with Gasteiger partial charge in [-0.15, -0.1) is 0 Å². The second kappa shape index (κ2) is 10.1. The lowest BCUT2D eigenvalue weighted by atomic mass is 9.93. The zero-order valence-electron chi connectivity index (χ0n) is 20.7. The number of piperazine rings is 1. The number of fused-ring (bicyclic) bond motifs is 1. The highest BCUT2D eigenvalue weighted by atomic mass is 32.2. The number of carbonyl (C=O) groups excluding carboxylic acids is 3. The molecule has 1 saturated carbocycles. The van der Waals surface area contributed by atoms with Crippen LogP contribution in [0.15, 0.2) is 24.3 Å². The molecule has 3 atom stereocenters. The number of anilines is 1. The second-order valence-corrected chi connectivity index (χ2v) is 11.2. The molecule has 5 rings (SSSR count). The molecule has 0 unspecified atom stereocenters. The largest absolute Gasteiger partial charge is 0.369 e. The molecule has 4 aliphatic rings. The van der Waals surface area contributed by atoms with E-state index in [2.05, 4.69) is 22.0 Å². The van der Waals surface area contributed by atoms with Crippen molar-refractivity contribution in [3.05, 3.63) is 29.8 Å². The summed E-state index contributed by atoms with van der Waals surface area (Å²) in [6.07, 6.45) is 4.71. The first-order valence-corrected chi connectivity index (χ1v) is 14.1. The minimum absolute atomic E-state index is 0.0327. The molecule has 9 heteroatoms. The fourth-order valence-electron chi connectivity index (χ4n) is 6.11. The monoisotopic (exact) mass is 500 g/mol. The normalized spacial score (nSPS) is 28.4. The predicted molar refractivity (Wildman–Crippen MR) is 137 cm³/mol. The van der Waals surface area contributed by atoms with Crippen LogP contribution in [0.5, 0.6) is 0 Å². The molecule has 1 aromatic carbocycles. The van der Waals surface area contributed by atoms with E-state index in [1.807, 2.05) is 30.5 Å². The highest BCUT2D eigenvalue weighted by Gasteiger charge is 2.56. The number of carbonyl (C=O) groups is 3. The third kappa shape index (κ3) is 4.58. The molecule has 3 heterocycles. The maximum atomic E-state index is 13.9. The summed E-state index contributed by atoms with van der Waals surface area (Å²) < 4.78 is 5.73. The number of benzene rings is 1. The number of thioether (sulfide) groups is 1. The molecule has 0 aromatic heterocycles. The Morgan fingerprint density at radius 2 is 1.80 bits per heavy atom. The van der Waals surface area contributed by atoms with E-state index in [1.54, 1.807) is 16.7 Å². The van der Waals surface area contributed by atoms with Crippen LogP contribution in [0.2, 0.25) is 0 Å². The first-order valence-electron chi connectivity index (χ1n) is 12.8. The Kier molecular flexibility index (Phi) is 7.10. The van der Waals surface area contributed by atoms with Crippen LogP contribution in [-0.4, -0.2) is 102 Å². The summed E-state index contributed by atoms with van der Waals surface area (Å²) in [5.41, 5.74) is 0.726. The lowest BCUT2D eigenvalue weighted by Gasteiger charge is -2.36. The van der Waals surface area contributed by atoms with E-state index >= 15 is 0 Å². The first kappa shape index (κ1) is 24.6. The van der Waals surface area contributed by atoms with Crippen LogP contribution >= 0.6 is 11.8 Å². The average Bonchev–Trinajstić information content (AvgIpc) is 3.61. The van der Waals surface area contributed by atoms with Gasteiger partial charge in [0, 0.05) is 44.0 Å². The third-order valence-electron chi connectivity index (χ3n) is 8.24. The number of nitrogens with zero attached hydrogens (tertiary/aromatic N) is 3. The average molecular weight is 501 g/mol. The molecule has 8 nitrogen and oxygen atoms in total. The van der Waals surface area contributed by atoms with Crippen molar-refractivity contribution in [2.24, 2.45) is 0 Å². The first-order chi connectivity index (χ1) is 17.0. The van der Waals surface area contributed by atoms with E-state index in [-0.39, 0.29) is 35.6 Å². The Labute approximate surface area is 211 Å². The number of ether oxygens (including phenoxy) is 1. The molecular weight excluding hydrogens is 464 g/mol. The predicted octanol–water partition coefficient (Wildman–Crippen LogP) is 1.78. The summed E-state index contributed by atoms with van der Waals surface area (Å²) in [6.45, 7) is 7.87. The van der Waals surface area contributed by atoms with Gasteiger partial charge < -0.3 is 24.8 Å². The highest BCUT2D eigenvalue weighted by Crippen LogP contribution is 2.38. The summed E-state index contributed by atoms with van der Waals surface area (Å²) in [7, 11) is 0. The van der Waals surface area contributed by atoms with E-state index in [0.717, 1.165) is 51.3 Å². The molecule has 0 radical (unpaired) electrons. The summed E-state index contributed by atoms with van der Waals surface area (Å²) >= 11 is 1.63. The number of likely N-dealkylation sites (N-methyl/N-ethyl adjacent to an activating group) is 1. The molecule has 0 spiro atoms. The maximum absolute atomic E-state index is 13.9. The second-order valence-electron chi connectivity index (χ2n) is 10.1. The number of hydrogen-bond acceptors (Lipinski definition) is 7. The van der Waals surface area contributed by atoms with Gasteiger partial charge in [0.2, 0.25) is 5.91 Å². The zero-order valence-corrected chi connectivity index (χ0v) is 21.5. The Hall–Kier alpha value is -2.10. The summed E-state index contributed by atoms with van der Waals surface area (Å²) in [5.74, 6) is -0.386. The maximum Gasteiger partial charge on any atom is 0.252 e. The molecule has 0 bridgehead atoms. The van der Waals surface area contributed by atoms with Gasteiger partial charge in [0.1, 0.15) is 18.2 Å². The molecule has 2 amide bonds. The quantitative estimate of drug-likeness (QED) is 0.638. The van der Waals surface area contributed by atoms with Crippen molar-refractivity contribution in [3.8, 4) is 0 Å². The van der Waals surface area contributed by atoms with Crippen LogP contribution in [0.4, 0.5) is 5.69 Å². The van der Waals surface area contributed by atoms with E-state index in [9.17, 15) is 14.4 Å². The lowest BCUT2D eigenvalue weighted by Crippen LogP contribution is -2.60. The van der Waals surface area contributed by atoms with Gasteiger partial charge in [-0.2, -0.15) is 11.8 Å². The topological polar surface area (TPSA) is 82.2 Å². The number of nitrogens with one attached hydrogen (secondary N) is 1. The third-order valence-corrected chi connectivity index (χ3v) is 9.26. The van der Waals surface area contributed by atoms with E-state index in [1.165, 1.54) is 0 Å². The van der Waals surface area contributed by atoms with Gasteiger partial charge in [0.05, 0.1) is 11.4 Å². The van der Waals surface area contributed by atoms with E-state index in [4.69, 9.17) is 4.74 Å². The van der Waals surface area contributed by atoms with Crippen LogP contribution in [0, 0.1) is 0 Å². The molecule has 3 saturated heterocycles. The SMILES string of the molecule is CCN1CCN(c2ccc(C(=O)NC3(C(=O)N4C[C@H](SC)[C@H]5OCC(=O)[C@H]54)CCCC3)cc2)CC1. The van der Waals surface area contributed by atoms with Crippen molar-refractivity contribution in [1.29, 1.82) is 0 Å². The van der Waals surface area contributed by atoms with Gasteiger partial charge in [-0.05, 0) is 49.9 Å². The molecule has 3 aliphatic heterocycles. The minimum Gasteiger partial charge on any atom is -0.369 e. The van der Waals surface area contributed by atoms with Crippen molar-refractivity contribution in [2.75, 3.05) is 57.0 Å². The van der Waals surface area contributed by atoms with Gasteiger partial charge in [0.25, 0.3) is 5.91 Å². The molecule has 1 aliphatic carbocycles. The Morgan fingerprint density at radius 1 is 1.11 bits per heavy atom. The molecule has 35 heavy (non-hydrogen) atoms. The number of amides is 2. The number of likely N-dealkylation sites (tertiary alicyclic amines) is 1. The Balaban J connectivity index is 1.29. The highest BCUT2D eigenvalue weighted by molar-refractivity contribution is 7.99. The van der Waals surface area contributed by atoms with Crippen molar-refractivity contribution in [1.82, 2.24) is 15.1 Å². The Bertz CT molecular complexity index is 957. The smallest absolute Gasteiger partial charge is 0.252 e. The van der Waals surface area contributed by atoms with Gasteiger partial charge >= 0.3 is 0 Å². The molecule has 190 valence electrons. The zero-order chi connectivity index (χ0) is 24.6. The van der Waals surface area contributed by atoms with Gasteiger partial charge in [0.15, 0.2) is 5.78 Å². The Morgan fingerprint density at radius 3 is 2.43 bits per heavy atom. The summed E-state index contributed by atoms with van der Waals surface area (Å²) in [5, 5.41) is 3.20. The van der Waals surface area contributed by atoms with Crippen LogP contribution in [0.25, 0.3) is 0 Å². The molecule has 1 aromatic rings. The standard InChI is InChI=1S/C26H36N4O4S/c1-3-28-12-14-29(15-13-28)19-8-6-18(7-9-19)24(32)27-26(10-4-5-11-26)25(33)30-16-21(35-2)23-22(30)20(31)17-34-23/h6-9,21-23H,3-5,10-17H2,1-2H3,(H,27,32)/t21-,22+,23+/m0/s1. The van der Waals surface area contributed by atoms with Crippen molar-refractivity contribution in [2.45, 2.75) is 55.5 Å². The van der Waals surface area contributed by atoms with Gasteiger partial charge in [-0.3, -0.25) is 14.4 Å². The van der Waals surface area contributed by atoms with Crippen molar-refractivity contribution >= 4 is 35.0 Å². The number of hydrogen-bond donors (Lipinski definition) is 1. The van der Waals surface area contributed by atoms with Crippen LogP contribution in [-0.2, 0) is 14.3 Å². The molecular formula is C26H36N4O4S. The minimum atomic E-state index is -0.951. The van der Waals surface area contributed by atoms with Gasteiger partial charge in [-0.1, -0.05) is 19.8 Å². The lowest BCUT2D eigenvalue weighted by molar-refractivity contribution is -0.141. The van der Waals surface area contributed by atoms with Crippen LogP contribution in [0.1, 0.15) is 43.0 Å². The number of rotatable bonds is 6. The number of Topliss-reactive ketones (excluding diaryl/α,β-unsaturated/α-hetero) is 1. The van der Waals surface area contributed by atoms with E-state index in [0.29, 0.717) is 24.9 Å². The van der Waals surface area contributed by atoms with E-state index < -0.39 is 11.6 Å². The van der Waals surface area contributed by atoms with Gasteiger partial charge in [-0.25, -0.2) is 0 Å². The summed E-state index contributed by atoms with van der Waals surface area (Å²) in [6, 6.07) is 7.19. The number of ketones is 1. The molecule has 4 fully saturated rings. The fraction of sp³-hybridized carbons (Fsp3) is 0.654. The van der Waals surface area contributed by atoms with Crippen LogP contribution < -0.4 is 10.2 Å². The van der Waals surface area contributed by atoms with Crippen LogP contribution in [0.3, 0.4) is 0 Å². The van der Waals surface area contributed by atoms with Crippen molar-refractivity contribution in [3.63, 3.8) is 0 Å². The molecule has 1 N–H and O–H groups in total. The summed E-state index contributed by atoms with van der Waals surface area (Å²) in [4.78, 5) is 46.2. The fourth-order valence-corrected chi connectivity index (χ4v) is 6.92.